The summed E-state index contributed by atoms with van der Waals surface area (Å²) in [6.45, 7) is 2.27. The minimum atomic E-state index is -0.463. The van der Waals surface area contributed by atoms with Crippen LogP contribution in [0.5, 0.6) is 0 Å². The number of pyridine rings is 2. The van der Waals surface area contributed by atoms with Crippen LogP contribution in [0.1, 0.15) is 6.92 Å². The van der Waals surface area contributed by atoms with E-state index < -0.39 is 11.8 Å². The van der Waals surface area contributed by atoms with E-state index in [0.717, 1.165) is 0 Å². The number of anilines is 1. The van der Waals surface area contributed by atoms with Gasteiger partial charge in [-0.15, -0.1) is 0 Å². The molecule has 7 heteroatoms. The fraction of sp³-hybridized carbons (Fsp3) is 0.118. The largest absolute Gasteiger partial charge is 0.338 e. The van der Waals surface area contributed by atoms with Gasteiger partial charge in [0.2, 0.25) is 0 Å². The van der Waals surface area contributed by atoms with Crippen molar-refractivity contribution in [3.8, 4) is 11.3 Å². The van der Waals surface area contributed by atoms with Crippen molar-refractivity contribution >= 4 is 34.2 Å². The second kappa shape index (κ2) is 6.80. The summed E-state index contributed by atoms with van der Waals surface area (Å²) in [5.41, 5.74) is 0.775. The predicted molar refractivity (Wildman–Crippen MR) is 92.6 cm³/mol. The number of carbonyl (C=O) groups is 1. The third-order valence-corrected chi connectivity index (χ3v) is 3.74. The van der Waals surface area contributed by atoms with E-state index in [0.29, 0.717) is 28.2 Å². The van der Waals surface area contributed by atoms with Gasteiger partial charge in [0.05, 0.1) is 10.7 Å². The Balaban J connectivity index is 2.11. The fourth-order valence-electron chi connectivity index (χ4n) is 2.34. The van der Waals surface area contributed by atoms with E-state index in [1.807, 2.05) is 0 Å². The number of amides is 2. The van der Waals surface area contributed by atoms with Gasteiger partial charge in [-0.2, -0.15) is 0 Å². The van der Waals surface area contributed by atoms with Crippen LogP contribution in [0.3, 0.4) is 0 Å². The van der Waals surface area contributed by atoms with E-state index in [-0.39, 0.29) is 11.2 Å². The Hall–Kier alpha value is -2.73. The zero-order chi connectivity index (χ0) is 17.1. The van der Waals surface area contributed by atoms with Gasteiger partial charge in [0, 0.05) is 35.3 Å². The number of nitrogens with zero attached hydrogens (tertiary/aromatic N) is 2. The molecule has 0 aliphatic rings. The van der Waals surface area contributed by atoms with E-state index in [1.165, 1.54) is 18.3 Å². The molecule has 0 saturated heterocycles. The molecule has 0 aliphatic carbocycles. The average Bonchev–Trinajstić information content (AvgIpc) is 2.59. The van der Waals surface area contributed by atoms with Crippen LogP contribution in [0.4, 0.5) is 15.0 Å². The Morgan fingerprint density at radius 1 is 1.25 bits per heavy atom. The molecule has 0 atom stereocenters. The van der Waals surface area contributed by atoms with E-state index >= 15 is 0 Å². The number of nitrogens with one attached hydrogen (secondary N) is 2. The smallest absolute Gasteiger partial charge is 0.320 e. The van der Waals surface area contributed by atoms with Crippen molar-refractivity contribution in [2.24, 2.45) is 0 Å². The van der Waals surface area contributed by atoms with Crippen LogP contribution in [0.25, 0.3) is 22.0 Å². The summed E-state index contributed by atoms with van der Waals surface area (Å²) in [5.74, 6) is -0.226. The second-order valence-corrected chi connectivity index (χ2v) is 5.44. The molecule has 122 valence electrons. The summed E-state index contributed by atoms with van der Waals surface area (Å²) in [6, 6.07) is 7.81. The van der Waals surface area contributed by atoms with E-state index in [9.17, 15) is 9.18 Å². The molecule has 0 radical (unpaired) electrons. The Labute approximate surface area is 142 Å². The number of halogens is 2. The molecular formula is C17H14ClFN4O. The molecule has 2 amide bonds. The van der Waals surface area contributed by atoms with Crippen LogP contribution in [-0.4, -0.2) is 22.5 Å². The molecule has 0 fully saturated rings. The molecule has 0 spiro atoms. The minimum Gasteiger partial charge on any atom is -0.338 e. The predicted octanol–water partition coefficient (Wildman–Crippen LogP) is 4.23. The van der Waals surface area contributed by atoms with Crippen LogP contribution in [0.2, 0.25) is 5.02 Å². The number of benzene rings is 1. The quantitative estimate of drug-likeness (QED) is 0.747. The van der Waals surface area contributed by atoms with Crippen molar-refractivity contribution in [3.63, 3.8) is 0 Å². The van der Waals surface area contributed by atoms with E-state index in [1.54, 1.807) is 31.3 Å². The van der Waals surface area contributed by atoms with Gasteiger partial charge in [-0.05, 0) is 31.2 Å². The average molecular weight is 345 g/mol. The number of urea groups is 1. The highest BCUT2D eigenvalue weighted by atomic mass is 35.5. The Morgan fingerprint density at radius 3 is 2.79 bits per heavy atom. The van der Waals surface area contributed by atoms with Gasteiger partial charge < -0.3 is 5.32 Å². The first-order valence-electron chi connectivity index (χ1n) is 7.34. The van der Waals surface area contributed by atoms with E-state index in [4.69, 9.17) is 11.6 Å². The highest BCUT2D eigenvalue weighted by Crippen LogP contribution is 2.34. The Bertz CT molecular complexity index is 902. The van der Waals surface area contributed by atoms with Crippen LogP contribution < -0.4 is 10.6 Å². The van der Waals surface area contributed by atoms with Gasteiger partial charge in [-0.25, -0.2) is 14.2 Å². The number of rotatable bonds is 3. The molecule has 0 aliphatic heterocycles. The van der Waals surface area contributed by atoms with Crippen molar-refractivity contribution in [1.29, 1.82) is 0 Å². The van der Waals surface area contributed by atoms with E-state index in [2.05, 4.69) is 20.6 Å². The number of hydrogen-bond donors (Lipinski definition) is 2. The minimum absolute atomic E-state index is 0.238. The summed E-state index contributed by atoms with van der Waals surface area (Å²) < 4.78 is 14.9. The molecule has 0 unspecified atom stereocenters. The van der Waals surface area contributed by atoms with Crippen molar-refractivity contribution < 1.29 is 9.18 Å². The first kappa shape index (κ1) is 16.1. The fourth-order valence-corrected chi connectivity index (χ4v) is 2.60. The third-order valence-electron chi connectivity index (χ3n) is 3.43. The molecule has 24 heavy (non-hydrogen) atoms. The summed E-state index contributed by atoms with van der Waals surface area (Å²) in [4.78, 5) is 19.9. The maximum Gasteiger partial charge on any atom is 0.320 e. The van der Waals surface area contributed by atoms with Crippen molar-refractivity contribution in [2.45, 2.75) is 6.92 Å². The number of hydrogen-bond acceptors (Lipinski definition) is 3. The van der Waals surface area contributed by atoms with Crippen LogP contribution in [-0.2, 0) is 0 Å². The van der Waals surface area contributed by atoms with Gasteiger partial charge in [0.1, 0.15) is 11.6 Å². The first-order valence-corrected chi connectivity index (χ1v) is 7.72. The normalized spacial score (nSPS) is 10.6. The van der Waals surface area contributed by atoms with Crippen molar-refractivity contribution in [1.82, 2.24) is 15.3 Å². The van der Waals surface area contributed by atoms with Gasteiger partial charge in [0.15, 0.2) is 0 Å². The standard InChI is InChI=1S/C17H14ClFN4O/c1-2-20-17(24)23-15-8-10-12(9-22-15)13(18)7-11(16(10)19)14-5-3-4-6-21-14/h3-9H,2H2,1H3,(H2,20,22,23,24). The maximum atomic E-state index is 14.9. The summed E-state index contributed by atoms with van der Waals surface area (Å²) in [5, 5.41) is 6.24. The Morgan fingerprint density at radius 2 is 2.08 bits per heavy atom. The molecule has 2 N–H and O–H groups in total. The molecule has 3 aromatic rings. The lowest BCUT2D eigenvalue weighted by Crippen LogP contribution is -2.28. The van der Waals surface area contributed by atoms with Crippen molar-refractivity contribution in [2.75, 3.05) is 11.9 Å². The molecule has 0 bridgehead atoms. The number of fused-ring (bicyclic) bond motifs is 1. The summed E-state index contributed by atoms with van der Waals surface area (Å²) >= 11 is 6.26. The van der Waals surface area contributed by atoms with Crippen molar-refractivity contribution in [3.05, 3.63) is 53.6 Å². The lowest BCUT2D eigenvalue weighted by Gasteiger charge is -2.10. The molecular weight excluding hydrogens is 331 g/mol. The third kappa shape index (κ3) is 3.14. The van der Waals surface area contributed by atoms with Gasteiger partial charge >= 0.3 is 6.03 Å². The summed E-state index contributed by atoms with van der Waals surface area (Å²) in [7, 11) is 0. The summed E-state index contributed by atoms with van der Waals surface area (Å²) in [6.07, 6.45) is 3.02. The highest BCUT2D eigenvalue weighted by Gasteiger charge is 2.15. The molecule has 2 aromatic heterocycles. The van der Waals surface area contributed by atoms with Gasteiger partial charge in [0.25, 0.3) is 0 Å². The topological polar surface area (TPSA) is 66.9 Å². The molecule has 5 nitrogen and oxygen atoms in total. The maximum absolute atomic E-state index is 14.9. The zero-order valence-electron chi connectivity index (χ0n) is 12.8. The van der Waals surface area contributed by atoms with Crippen LogP contribution in [0.15, 0.2) is 42.7 Å². The Kier molecular flexibility index (Phi) is 4.57. The molecule has 0 saturated carbocycles. The first-order chi connectivity index (χ1) is 11.6. The lowest BCUT2D eigenvalue weighted by atomic mass is 10.0. The molecule has 1 aromatic carbocycles. The zero-order valence-corrected chi connectivity index (χ0v) is 13.6. The molecule has 2 heterocycles. The number of aromatic nitrogens is 2. The number of carbonyl (C=O) groups excluding carboxylic acids is 1. The monoisotopic (exact) mass is 344 g/mol. The SMILES string of the molecule is CCNC(=O)Nc1cc2c(F)c(-c3ccccn3)cc(Cl)c2cn1. The van der Waals surface area contributed by atoms with Crippen LogP contribution in [0, 0.1) is 5.82 Å². The lowest BCUT2D eigenvalue weighted by molar-refractivity contribution is 0.252. The molecule has 3 rings (SSSR count). The van der Waals surface area contributed by atoms with Crippen LogP contribution >= 0.6 is 11.6 Å². The highest BCUT2D eigenvalue weighted by molar-refractivity contribution is 6.36. The van der Waals surface area contributed by atoms with Gasteiger partial charge in [-0.1, -0.05) is 17.7 Å². The second-order valence-electron chi connectivity index (χ2n) is 5.03. The van der Waals surface area contributed by atoms with Gasteiger partial charge in [-0.3, -0.25) is 10.3 Å².